The van der Waals surface area contributed by atoms with Crippen LogP contribution in [0, 0.1) is 5.92 Å². The first kappa shape index (κ1) is 17.7. The van der Waals surface area contributed by atoms with Gasteiger partial charge in [0.1, 0.15) is 0 Å². The molecule has 2 amide bonds. The average molecular weight is 384 g/mol. The standard InChI is InChI=1S/C20H20N2O4S/c1-13-12-27(25,26)22(19(13)23)17-8-5-7-16(11-17)20(24)21-14(2)10-15-6-3-4-9-18(15)21/h3-9,11,13-14H,10,12H2,1-2H3/t13-,14-/m0/s1. The van der Waals surface area contributed by atoms with Crippen molar-refractivity contribution in [1.82, 2.24) is 0 Å². The SMILES string of the molecule is C[C@H]1CS(=O)(=O)N(c2cccc(C(=O)N3c4ccccc4C[C@@H]3C)c2)C1=O. The largest absolute Gasteiger partial charge is 0.305 e. The molecule has 140 valence electrons. The highest BCUT2D eigenvalue weighted by Crippen LogP contribution is 2.34. The molecule has 0 radical (unpaired) electrons. The molecule has 2 aromatic carbocycles. The molecule has 2 aromatic rings. The van der Waals surface area contributed by atoms with E-state index in [1.807, 2.05) is 31.2 Å². The zero-order chi connectivity index (χ0) is 19.3. The normalized spacial score (nSPS) is 23.6. The number of nitrogens with zero attached hydrogens (tertiary/aromatic N) is 2. The Balaban J connectivity index is 1.72. The lowest BCUT2D eigenvalue weighted by Gasteiger charge is -2.23. The smallest absolute Gasteiger partial charge is 0.258 e. The van der Waals surface area contributed by atoms with E-state index in [0.29, 0.717) is 5.56 Å². The van der Waals surface area contributed by atoms with Crippen molar-refractivity contribution >= 4 is 33.2 Å². The van der Waals surface area contributed by atoms with Crippen molar-refractivity contribution in [2.24, 2.45) is 5.92 Å². The molecule has 4 rings (SSSR count). The molecule has 2 aliphatic heterocycles. The summed E-state index contributed by atoms with van der Waals surface area (Å²) in [5.41, 5.74) is 2.56. The first-order valence-electron chi connectivity index (χ1n) is 8.88. The Morgan fingerprint density at radius 1 is 1.07 bits per heavy atom. The van der Waals surface area contributed by atoms with Gasteiger partial charge in [0.15, 0.2) is 0 Å². The summed E-state index contributed by atoms with van der Waals surface area (Å²) >= 11 is 0. The fourth-order valence-electron chi connectivity index (χ4n) is 3.87. The number of fused-ring (bicyclic) bond motifs is 1. The minimum atomic E-state index is -3.70. The highest BCUT2D eigenvalue weighted by molar-refractivity contribution is 7.94. The molecular weight excluding hydrogens is 364 g/mol. The Hall–Kier alpha value is -2.67. The van der Waals surface area contributed by atoms with Crippen molar-refractivity contribution in [2.75, 3.05) is 15.0 Å². The Labute approximate surface area is 158 Å². The summed E-state index contributed by atoms with van der Waals surface area (Å²) in [6.45, 7) is 3.58. The van der Waals surface area contributed by atoms with E-state index < -0.39 is 21.8 Å². The molecule has 2 atom stereocenters. The summed E-state index contributed by atoms with van der Waals surface area (Å²) in [7, 11) is -3.70. The third-order valence-corrected chi connectivity index (χ3v) is 6.98. The Morgan fingerprint density at radius 3 is 2.52 bits per heavy atom. The Bertz CT molecular complexity index is 1050. The second-order valence-electron chi connectivity index (χ2n) is 7.19. The molecule has 0 spiro atoms. The molecule has 1 saturated heterocycles. The van der Waals surface area contributed by atoms with Crippen molar-refractivity contribution < 1.29 is 18.0 Å². The highest BCUT2D eigenvalue weighted by Gasteiger charge is 2.42. The minimum Gasteiger partial charge on any atom is -0.305 e. The second-order valence-corrected chi connectivity index (χ2v) is 9.05. The third-order valence-electron chi connectivity index (χ3n) is 5.11. The van der Waals surface area contributed by atoms with E-state index in [9.17, 15) is 18.0 Å². The summed E-state index contributed by atoms with van der Waals surface area (Å²) in [6, 6.07) is 14.1. The summed E-state index contributed by atoms with van der Waals surface area (Å²) < 4.78 is 25.5. The quantitative estimate of drug-likeness (QED) is 0.798. The molecule has 7 heteroatoms. The molecule has 27 heavy (non-hydrogen) atoms. The van der Waals surface area contributed by atoms with Gasteiger partial charge in [0, 0.05) is 17.3 Å². The van der Waals surface area contributed by atoms with Crippen LogP contribution in [0.4, 0.5) is 11.4 Å². The molecule has 6 nitrogen and oxygen atoms in total. The van der Waals surface area contributed by atoms with Crippen LogP contribution in [0.25, 0.3) is 0 Å². The van der Waals surface area contributed by atoms with E-state index >= 15 is 0 Å². The van der Waals surface area contributed by atoms with Gasteiger partial charge in [-0.05, 0) is 43.2 Å². The van der Waals surface area contributed by atoms with Crippen LogP contribution in [0.1, 0.15) is 29.8 Å². The molecule has 0 saturated carbocycles. The lowest BCUT2D eigenvalue weighted by atomic mass is 10.1. The fraction of sp³-hybridized carbons (Fsp3) is 0.300. The van der Waals surface area contributed by atoms with Crippen LogP contribution < -0.4 is 9.21 Å². The molecular formula is C20H20N2O4S. The highest BCUT2D eigenvalue weighted by atomic mass is 32.2. The number of rotatable bonds is 2. The number of benzene rings is 2. The number of anilines is 2. The summed E-state index contributed by atoms with van der Waals surface area (Å²) in [4.78, 5) is 27.2. The maximum atomic E-state index is 13.2. The summed E-state index contributed by atoms with van der Waals surface area (Å²) in [5, 5.41) is 0. The molecule has 0 bridgehead atoms. The first-order valence-corrected chi connectivity index (χ1v) is 10.5. The van der Waals surface area contributed by atoms with Crippen LogP contribution in [-0.4, -0.2) is 32.0 Å². The van der Waals surface area contributed by atoms with E-state index in [1.165, 1.54) is 6.07 Å². The van der Waals surface area contributed by atoms with E-state index in [-0.39, 0.29) is 23.4 Å². The second kappa shape index (κ2) is 6.20. The molecule has 0 aromatic heterocycles. The van der Waals surface area contributed by atoms with Gasteiger partial charge < -0.3 is 4.90 Å². The van der Waals surface area contributed by atoms with Crippen LogP contribution in [0.3, 0.4) is 0 Å². The summed E-state index contributed by atoms with van der Waals surface area (Å²) in [6.07, 6.45) is 0.776. The monoisotopic (exact) mass is 384 g/mol. The van der Waals surface area contributed by atoms with Crippen molar-refractivity contribution in [3.05, 3.63) is 59.7 Å². The number of carbonyl (C=O) groups excluding carboxylic acids is 2. The number of hydrogen-bond acceptors (Lipinski definition) is 4. The topological polar surface area (TPSA) is 74.8 Å². The summed E-state index contributed by atoms with van der Waals surface area (Å²) in [5.74, 6) is -1.45. The number of para-hydroxylation sites is 1. The lowest BCUT2D eigenvalue weighted by molar-refractivity contribution is -0.119. The van der Waals surface area contributed by atoms with Gasteiger partial charge in [-0.1, -0.05) is 31.2 Å². The number of amides is 2. The molecule has 2 heterocycles. The molecule has 0 N–H and O–H groups in total. The number of carbonyl (C=O) groups is 2. The van der Waals surface area contributed by atoms with E-state index in [1.54, 1.807) is 30.0 Å². The van der Waals surface area contributed by atoms with Gasteiger partial charge in [0.2, 0.25) is 15.9 Å². The third kappa shape index (κ3) is 2.82. The van der Waals surface area contributed by atoms with Gasteiger partial charge in [-0.15, -0.1) is 0 Å². The van der Waals surface area contributed by atoms with Crippen molar-refractivity contribution in [1.29, 1.82) is 0 Å². The number of hydrogen-bond donors (Lipinski definition) is 0. The van der Waals surface area contributed by atoms with Crippen LogP contribution >= 0.6 is 0 Å². The van der Waals surface area contributed by atoms with E-state index in [4.69, 9.17) is 0 Å². The Kier molecular flexibility index (Phi) is 4.07. The zero-order valence-corrected chi connectivity index (χ0v) is 15.9. The van der Waals surface area contributed by atoms with Crippen molar-refractivity contribution in [3.8, 4) is 0 Å². The molecule has 0 aliphatic carbocycles. The molecule has 1 fully saturated rings. The zero-order valence-electron chi connectivity index (χ0n) is 15.1. The van der Waals surface area contributed by atoms with Crippen LogP contribution in [0.5, 0.6) is 0 Å². The molecule has 2 aliphatic rings. The first-order chi connectivity index (χ1) is 12.8. The van der Waals surface area contributed by atoms with Crippen LogP contribution in [0.2, 0.25) is 0 Å². The average Bonchev–Trinajstić information content (AvgIpc) is 3.06. The van der Waals surface area contributed by atoms with Crippen molar-refractivity contribution in [3.63, 3.8) is 0 Å². The van der Waals surface area contributed by atoms with Gasteiger partial charge in [0.05, 0.1) is 17.4 Å². The fourth-order valence-corrected chi connectivity index (χ4v) is 5.68. The van der Waals surface area contributed by atoms with Gasteiger partial charge in [-0.2, -0.15) is 0 Å². The Morgan fingerprint density at radius 2 is 1.81 bits per heavy atom. The predicted molar refractivity (Wildman–Crippen MR) is 103 cm³/mol. The minimum absolute atomic E-state index is 0.00993. The maximum absolute atomic E-state index is 13.2. The van der Waals surface area contributed by atoms with Crippen molar-refractivity contribution in [2.45, 2.75) is 26.3 Å². The predicted octanol–water partition coefficient (Wildman–Crippen LogP) is 2.59. The molecule has 0 unspecified atom stereocenters. The van der Waals surface area contributed by atoms with Gasteiger partial charge in [-0.3, -0.25) is 9.59 Å². The van der Waals surface area contributed by atoms with E-state index in [0.717, 1.165) is 22.0 Å². The van der Waals surface area contributed by atoms with E-state index in [2.05, 4.69) is 0 Å². The number of sulfonamides is 1. The van der Waals surface area contributed by atoms with Gasteiger partial charge >= 0.3 is 0 Å². The lowest BCUT2D eigenvalue weighted by Crippen LogP contribution is -2.36. The van der Waals surface area contributed by atoms with Gasteiger partial charge in [-0.25, -0.2) is 12.7 Å². The maximum Gasteiger partial charge on any atom is 0.258 e. The van der Waals surface area contributed by atoms with Crippen LogP contribution in [-0.2, 0) is 21.2 Å². The van der Waals surface area contributed by atoms with Gasteiger partial charge in [0.25, 0.3) is 5.91 Å². The van der Waals surface area contributed by atoms with Crippen LogP contribution in [0.15, 0.2) is 48.5 Å².